The van der Waals surface area contributed by atoms with Gasteiger partial charge in [0.1, 0.15) is 11.9 Å². The lowest BCUT2D eigenvalue weighted by Gasteiger charge is -2.42. The molecule has 2 aromatic rings. The molecule has 0 spiro atoms. The standard InChI is InChI=1S/C29H34N2O2/c30-23-13-11-20(12-14-23)18-31-27(32)29-16-21-15-28(19-29,22-7-3-1-4-8-22)17-25(29)26(21)33-24-9-5-2-6-10-24/h1-10,18,20-21,23,25-26H,11-17,19,30H2. The largest absolute Gasteiger partial charge is 0.490 e. The van der Waals surface area contributed by atoms with Crippen LogP contribution in [0.3, 0.4) is 0 Å². The average molecular weight is 443 g/mol. The number of rotatable bonds is 5. The molecular weight excluding hydrogens is 408 g/mol. The lowest BCUT2D eigenvalue weighted by atomic mass is 9.63. The van der Waals surface area contributed by atoms with Crippen molar-refractivity contribution in [2.24, 2.45) is 33.9 Å². The molecule has 4 heteroatoms. The second-order valence-electron chi connectivity index (χ2n) is 11.1. The van der Waals surface area contributed by atoms with Gasteiger partial charge in [0.25, 0.3) is 5.91 Å². The van der Waals surface area contributed by atoms with Gasteiger partial charge in [-0.25, -0.2) is 4.99 Å². The first kappa shape index (κ1) is 21.1. The Hall–Kier alpha value is -2.46. The molecule has 0 aliphatic heterocycles. The molecule has 5 aliphatic carbocycles. The van der Waals surface area contributed by atoms with Crippen LogP contribution < -0.4 is 10.5 Å². The van der Waals surface area contributed by atoms with Crippen LogP contribution in [0.2, 0.25) is 0 Å². The van der Waals surface area contributed by atoms with E-state index in [9.17, 15) is 4.79 Å². The Balaban J connectivity index is 1.30. The fourth-order valence-electron chi connectivity index (χ4n) is 7.72. The Bertz CT molecular complexity index is 1030. The Morgan fingerprint density at radius 1 is 0.939 bits per heavy atom. The molecule has 5 atom stereocenters. The SMILES string of the molecule is NC1CCC(C=NC(=O)C23CC4CC(c5ccccc5)(CC2C4Oc2ccccc2)C3)CC1. The predicted octanol–water partition coefficient (Wildman–Crippen LogP) is 5.31. The van der Waals surface area contributed by atoms with E-state index in [-0.39, 0.29) is 28.8 Å². The minimum absolute atomic E-state index is 0.0776. The summed E-state index contributed by atoms with van der Waals surface area (Å²) in [6.45, 7) is 0. The number of nitrogens with two attached hydrogens (primary N) is 1. The highest BCUT2D eigenvalue weighted by molar-refractivity contribution is 5.91. The Kier molecular flexibility index (Phi) is 5.17. The molecule has 33 heavy (non-hydrogen) atoms. The van der Waals surface area contributed by atoms with Crippen molar-refractivity contribution in [3.8, 4) is 5.75 Å². The zero-order chi connectivity index (χ0) is 22.5. The summed E-state index contributed by atoms with van der Waals surface area (Å²) in [5, 5.41) is 0. The van der Waals surface area contributed by atoms with Crippen molar-refractivity contribution in [2.75, 3.05) is 0 Å². The third-order valence-corrected chi connectivity index (χ3v) is 9.16. The van der Waals surface area contributed by atoms with Gasteiger partial charge in [-0.3, -0.25) is 4.79 Å². The van der Waals surface area contributed by atoms with Crippen LogP contribution in [0.4, 0.5) is 0 Å². The molecule has 0 saturated heterocycles. The van der Waals surface area contributed by atoms with Crippen LogP contribution in [0.1, 0.15) is 56.9 Å². The number of para-hydroxylation sites is 1. The highest BCUT2D eigenvalue weighted by Crippen LogP contribution is 2.71. The van der Waals surface area contributed by atoms with Crippen molar-refractivity contribution in [2.45, 2.75) is 68.9 Å². The van der Waals surface area contributed by atoms with Crippen LogP contribution >= 0.6 is 0 Å². The van der Waals surface area contributed by atoms with Gasteiger partial charge in [-0.15, -0.1) is 0 Å². The summed E-state index contributed by atoms with van der Waals surface area (Å²) in [5.41, 5.74) is 7.14. The maximum Gasteiger partial charge on any atom is 0.252 e. The molecule has 4 nitrogen and oxygen atoms in total. The highest BCUT2D eigenvalue weighted by Gasteiger charge is 2.71. The van der Waals surface area contributed by atoms with Crippen molar-refractivity contribution in [3.05, 3.63) is 66.2 Å². The quantitative estimate of drug-likeness (QED) is 0.639. The summed E-state index contributed by atoms with van der Waals surface area (Å²) >= 11 is 0. The van der Waals surface area contributed by atoms with Gasteiger partial charge in [0.2, 0.25) is 0 Å². The molecule has 1 amide bonds. The minimum atomic E-state index is -0.389. The summed E-state index contributed by atoms with van der Waals surface area (Å²) < 4.78 is 6.58. The van der Waals surface area contributed by atoms with Gasteiger partial charge < -0.3 is 10.5 Å². The molecule has 5 saturated carbocycles. The molecule has 5 unspecified atom stereocenters. The molecule has 7 rings (SSSR count). The third-order valence-electron chi connectivity index (χ3n) is 9.16. The molecule has 0 heterocycles. The van der Waals surface area contributed by atoms with Crippen LogP contribution in [-0.4, -0.2) is 24.3 Å². The number of hydrogen-bond acceptors (Lipinski definition) is 3. The Labute approximate surface area is 196 Å². The van der Waals surface area contributed by atoms with Crippen LogP contribution in [-0.2, 0) is 10.2 Å². The van der Waals surface area contributed by atoms with Gasteiger partial charge in [0, 0.05) is 18.2 Å². The van der Waals surface area contributed by atoms with Gasteiger partial charge in [-0.1, -0.05) is 48.5 Å². The van der Waals surface area contributed by atoms with E-state index < -0.39 is 0 Å². The first-order valence-electron chi connectivity index (χ1n) is 12.7. The maximum atomic E-state index is 13.8. The monoisotopic (exact) mass is 442 g/mol. The molecule has 2 N–H and O–H groups in total. The predicted molar refractivity (Wildman–Crippen MR) is 130 cm³/mol. The lowest BCUT2D eigenvalue weighted by Crippen LogP contribution is -2.40. The number of hydrogen-bond donors (Lipinski definition) is 1. The van der Waals surface area contributed by atoms with Crippen molar-refractivity contribution >= 4 is 12.1 Å². The van der Waals surface area contributed by atoms with Crippen molar-refractivity contribution in [1.82, 2.24) is 0 Å². The average Bonchev–Trinajstić information content (AvgIpc) is 3.22. The molecular formula is C29H34N2O2. The topological polar surface area (TPSA) is 64.7 Å². The smallest absolute Gasteiger partial charge is 0.252 e. The van der Waals surface area contributed by atoms with Gasteiger partial charge in [0.05, 0.1) is 5.41 Å². The van der Waals surface area contributed by atoms with Gasteiger partial charge >= 0.3 is 0 Å². The van der Waals surface area contributed by atoms with E-state index in [1.807, 2.05) is 36.5 Å². The second kappa shape index (κ2) is 8.09. The van der Waals surface area contributed by atoms with E-state index in [1.54, 1.807) is 0 Å². The minimum Gasteiger partial charge on any atom is -0.490 e. The third kappa shape index (κ3) is 3.54. The molecule has 172 valence electrons. The Morgan fingerprint density at radius 2 is 1.64 bits per heavy atom. The number of benzene rings is 2. The molecule has 5 fully saturated rings. The first-order valence-corrected chi connectivity index (χ1v) is 12.7. The van der Waals surface area contributed by atoms with E-state index in [4.69, 9.17) is 10.5 Å². The van der Waals surface area contributed by atoms with Crippen LogP contribution in [0.5, 0.6) is 5.75 Å². The zero-order valence-corrected chi connectivity index (χ0v) is 19.2. The van der Waals surface area contributed by atoms with E-state index in [2.05, 4.69) is 35.3 Å². The maximum absolute atomic E-state index is 13.8. The van der Waals surface area contributed by atoms with Crippen LogP contribution in [0.25, 0.3) is 0 Å². The van der Waals surface area contributed by atoms with Crippen molar-refractivity contribution < 1.29 is 9.53 Å². The van der Waals surface area contributed by atoms with Gasteiger partial charge in [0.15, 0.2) is 0 Å². The van der Waals surface area contributed by atoms with Gasteiger partial charge in [-0.05, 0) is 86.3 Å². The number of aliphatic imine (C=N–C) groups is 1. The zero-order valence-electron chi connectivity index (χ0n) is 19.2. The second-order valence-corrected chi connectivity index (χ2v) is 11.1. The number of ether oxygens (including phenoxy) is 1. The van der Waals surface area contributed by atoms with E-state index in [1.165, 1.54) is 5.56 Å². The van der Waals surface area contributed by atoms with Crippen LogP contribution in [0, 0.1) is 23.2 Å². The fraction of sp³-hybridized carbons (Fsp3) is 0.517. The van der Waals surface area contributed by atoms with Crippen molar-refractivity contribution in [3.63, 3.8) is 0 Å². The number of carbonyl (C=O) groups is 1. The van der Waals surface area contributed by atoms with E-state index in [0.717, 1.165) is 57.1 Å². The highest BCUT2D eigenvalue weighted by atomic mass is 16.5. The number of amides is 1. The summed E-state index contributed by atoms with van der Waals surface area (Å²) in [6.07, 6.45) is 10.2. The Morgan fingerprint density at radius 3 is 2.36 bits per heavy atom. The molecule has 0 aromatic heterocycles. The molecule has 5 aliphatic rings. The van der Waals surface area contributed by atoms with Crippen molar-refractivity contribution in [1.29, 1.82) is 0 Å². The van der Waals surface area contributed by atoms with E-state index >= 15 is 0 Å². The molecule has 2 aromatic carbocycles. The summed E-state index contributed by atoms with van der Waals surface area (Å²) in [4.78, 5) is 18.5. The summed E-state index contributed by atoms with van der Waals surface area (Å²) in [7, 11) is 0. The lowest BCUT2D eigenvalue weighted by molar-refractivity contribution is -0.129. The normalized spacial score (nSPS) is 39.2. The first-order chi connectivity index (χ1) is 16.1. The number of nitrogens with zero attached hydrogens (tertiary/aromatic N) is 1. The fourth-order valence-corrected chi connectivity index (χ4v) is 7.72. The van der Waals surface area contributed by atoms with E-state index in [0.29, 0.717) is 17.9 Å². The van der Waals surface area contributed by atoms with Crippen LogP contribution in [0.15, 0.2) is 65.7 Å². The summed E-state index contributed by atoms with van der Waals surface area (Å²) in [5.74, 6) is 2.02. The summed E-state index contributed by atoms with van der Waals surface area (Å²) in [6, 6.07) is 21.3. The molecule has 4 bridgehead atoms. The van der Waals surface area contributed by atoms with Gasteiger partial charge in [-0.2, -0.15) is 0 Å². The number of carbonyl (C=O) groups excluding carboxylic acids is 1. The molecule has 0 radical (unpaired) electrons.